The standard InChI is InChI=1S/C12H16BrF/c1-4-5-11(13)10-6-8(2)12(14)9(3)7-10/h6-7,11H,4-5H2,1-3H3. The maximum absolute atomic E-state index is 13.3. The Morgan fingerprint density at radius 1 is 1.29 bits per heavy atom. The van der Waals surface area contributed by atoms with Crippen molar-refractivity contribution < 1.29 is 4.39 Å². The predicted molar refractivity (Wildman–Crippen MR) is 62.5 cm³/mol. The van der Waals surface area contributed by atoms with E-state index in [2.05, 4.69) is 22.9 Å². The fourth-order valence-electron chi connectivity index (χ4n) is 1.58. The monoisotopic (exact) mass is 258 g/mol. The van der Waals surface area contributed by atoms with E-state index in [9.17, 15) is 4.39 Å². The molecule has 0 saturated heterocycles. The minimum atomic E-state index is -0.0788. The zero-order valence-corrected chi connectivity index (χ0v) is 10.5. The first-order valence-electron chi connectivity index (χ1n) is 4.97. The number of halogens is 2. The Morgan fingerprint density at radius 2 is 1.79 bits per heavy atom. The van der Waals surface area contributed by atoms with Crippen molar-refractivity contribution in [3.63, 3.8) is 0 Å². The fourth-order valence-corrected chi connectivity index (χ4v) is 2.30. The van der Waals surface area contributed by atoms with Crippen LogP contribution >= 0.6 is 15.9 Å². The van der Waals surface area contributed by atoms with Gasteiger partial charge in [0.2, 0.25) is 0 Å². The average molecular weight is 259 g/mol. The molecule has 14 heavy (non-hydrogen) atoms. The topological polar surface area (TPSA) is 0 Å². The molecule has 1 aromatic carbocycles. The molecule has 1 aromatic rings. The molecule has 0 aliphatic rings. The van der Waals surface area contributed by atoms with Crippen molar-refractivity contribution in [3.05, 3.63) is 34.6 Å². The lowest BCUT2D eigenvalue weighted by atomic mass is 10.0. The summed E-state index contributed by atoms with van der Waals surface area (Å²) >= 11 is 3.62. The summed E-state index contributed by atoms with van der Waals surface area (Å²) in [4.78, 5) is 0.352. The molecule has 78 valence electrons. The highest BCUT2D eigenvalue weighted by Crippen LogP contribution is 2.29. The third-order valence-electron chi connectivity index (χ3n) is 2.36. The van der Waals surface area contributed by atoms with Crippen molar-refractivity contribution in [2.24, 2.45) is 0 Å². The number of hydrogen-bond donors (Lipinski definition) is 0. The van der Waals surface area contributed by atoms with Crippen LogP contribution in [0, 0.1) is 19.7 Å². The van der Waals surface area contributed by atoms with E-state index in [0.29, 0.717) is 4.83 Å². The Labute approximate surface area is 93.7 Å². The summed E-state index contributed by atoms with van der Waals surface area (Å²) in [5.74, 6) is -0.0788. The summed E-state index contributed by atoms with van der Waals surface area (Å²) in [6.45, 7) is 5.78. The van der Waals surface area contributed by atoms with E-state index in [1.165, 1.54) is 5.56 Å². The van der Waals surface area contributed by atoms with Crippen LogP contribution in [0.2, 0.25) is 0 Å². The fraction of sp³-hybridized carbons (Fsp3) is 0.500. The van der Waals surface area contributed by atoms with Crippen molar-refractivity contribution in [2.45, 2.75) is 38.4 Å². The van der Waals surface area contributed by atoms with Crippen LogP contribution in [0.3, 0.4) is 0 Å². The van der Waals surface area contributed by atoms with Gasteiger partial charge in [0.05, 0.1) is 0 Å². The molecule has 1 unspecified atom stereocenters. The Balaban J connectivity index is 3.00. The first kappa shape index (κ1) is 11.7. The Hall–Kier alpha value is -0.370. The normalized spacial score (nSPS) is 12.9. The summed E-state index contributed by atoms with van der Waals surface area (Å²) in [7, 11) is 0. The molecule has 0 spiro atoms. The first-order chi connectivity index (χ1) is 6.56. The minimum absolute atomic E-state index is 0.0788. The zero-order chi connectivity index (χ0) is 10.7. The lowest BCUT2D eigenvalue weighted by Crippen LogP contribution is -1.95. The molecule has 0 radical (unpaired) electrons. The molecule has 0 N–H and O–H groups in total. The number of hydrogen-bond acceptors (Lipinski definition) is 0. The van der Waals surface area contributed by atoms with Gasteiger partial charge in [-0.15, -0.1) is 0 Å². The second-order valence-corrected chi connectivity index (χ2v) is 4.83. The molecule has 0 aliphatic heterocycles. The van der Waals surface area contributed by atoms with Crippen LogP contribution in [0.5, 0.6) is 0 Å². The zero-order valence-electron chi connectivity index (χ0n) is 8.90. The summed E-state index contributed by atoms with van der Waals surface area (Å²) in [6, 6.07) is 3.86. The van der Waals surface area contributed by atoms with Crippen molar-refractivity contribution in [2.75, 3.05) is 0 Å². The van der Waals surface area contributed by atoms with E-state index in [-0.39, 0.29) is 5.82 Å². The van der Waals surface area contributed by atoms with Crippen LogP contribution in [0.4, 0.5) is 4.39 Å². The van der Waals surface area contributed by atoms with E-state index in [0.717, 1.165) is 24.0 Å². The van der Waals surface area contributed by atoms with Gasteiger partial charge in [0, 0.05) is 4.83 Å². The van der Waals surface area contributed by atoms with E-state index in [4.69, 9.17) is 0 Å². The van der Waals surface area contributed by atoms with E-state index < -0.39 is 0 Å². The van der Waals surface area contributed by atoms with Crippen LogP contribution in [-0.4, -0.2) is 0 Å². The molecule has 1 atom stereocenters. The van der Waals surface area contributed by atoms with Crippen molar-refractivity contribution in [1.82, 2.24) is 0 Å². The summed E-state index contributed by atoms with van der Waals surface area (Å²) in [6.07, 6.45) is 2.22. The van der Waals surface area contributed by atoms with Gasteiger partial charge in [-0.1, -0.05) is 41.4 Å². The molecule has 0 aliphatic carbocycles. The van der Waals surface area contributed by atoms with Crippen LogP contribution in [0.1, 0.15) is 41.3 Å². The molecule has 2 heteroatoms. The molecule has 0 saturated carbocycles. The van der Waals surface area contributed by atoms with E-state index >= 15 is 0 Å². The van der Waals surface area contributed by atoms with Gasteiger partial charge < -0.3 is 0 Å². The number of rotatable bonds is 3. The van der Waals surface area contributed by atoms with E-state index in [1.54, 1.807) is 0 Å². The Bertz CT molecular complexity index is 297. The number of aryl methyl sites for hydroxylation is 2. The first-order valence-corrected chi connectivity index (χ1v) is 5.88. The second-order valence-electron chi connectivity index (χ2n) is 3.72. The SMILES string of the molecule is CCCC(Br)c1cc(C)c(F)c(C)c1. The maximum atomic E-state index is 13.3. The van der Waals surface area contributed by atoms with Crippen LogP contribution in [-0.2, 0) is 0 Å². The van der Waals surface area contributed by atoms with Crippen LogP contribution in [0.25, 0.3) is 0 Å². The van der Waals surface area contributed by atoms with Gasteiger partial charge in [-0.3, -0.25) is 0 Å². The molecular weight excluding hydrogens is 243 g/mol. The molecule has 0 bridgehead atoms. The maximum Gasteiger partial charge on any atom is 0.129 e. The second kappa shape index (κ2) is 4.92. The quantitative estimate of drug-likeness (QED) is 0.691. The molecule has 0 nitrogen and oxygen atoms in total. The lowest BCUT2D eigenvalue weighted by molar-refractivity contribution is 0.607. The highest BCUT2D eigenvalue weighted by atomic mass is 79.9. The van der Waals surface area contributed by atoms with Gasteiger partial charge in [-0.2, -0.15) is 0 Å². The smallest absolute Gasteiger partial charge is 0.129 e. The molecule has 0 aromatic heterocycles. The third kappa shape index (κ3) is 2.57. The van der Waals surface area contributed by atoms with Crippen LogP contribution in [0.15, 0.2) is 12.1 Å². The van der Waals surface area contributed by atoms with Crippen molar-refractivity contribution >= 4 is 15.9 Å². The van der Waals surface area contributed by atoms with Gasteiger partial charge in [0.15, 0.2) is 0 Å². The van der Waals surface area contributed by atoms with Crippen molar-refractivity contribution in [1.29, 1.82) is 0 Å². The Kier molecular flexibility index (Phi) is 4.11. The van der Waals surface area contributed by atoms with Gasteiger partial charge in [-0.25, -0.2) is 4.39 Å². The van der Waals surface area contributed by atoms with Crippen LogP contribution < -0.4 is 0 Å². The van der Waals surface area contributed by atoms with E-state index in [1.807, 2.05) is 26.0 Å². The summed E-state index contributed by atoms with van der Waals surface area (Å²) in [5, 5.41) is 0. The molecular formula is C12H16BrF. The molecule has 0 fully saturated rings. The lowest BCUT2D eigenvalue weighted by Gasteiger charge is -2.11. The average Bonchev–Trinajstić information content (AvgIpc) is 2.13. The molecule has 0 heterocycles. The highest BCUT2D eigenvalue weighted by Gasteiger charge is 2.10. The number of benzene rings is 1. The summed E-state index contributed by atoms with van der Waals surface area (Å²) < 4.78 is 13.3. The minimum Gasteiger partial charge on any atom is -0.206 e. The van der Waals surface area contributed by atoms with Gasteiger partial charge >= 0.3 is 0 Å². The van der Waals surface area contributed by atoms with Gasteiger partial charge in [0.1, 0.15) is 5.82 Å². The van der Waals surface area contributed by atoms with Gasteiger partial charge in [-0.05, 0) is 37.0 Å². The highest BCUT2D eigenvalue weighted by molar-refractivity contribution is 9.09. The molecule has 0 amide bonds. The number of alkyl halides is 1. The van der Waals surface area contributed by atoms with Crippen molar-refractivity contribution in [3.8, 4) is 0 Å². The largest absolute Gasteiger partial charge is 0.206 e. The molecule has 1 rings (SSSR count). The Morgan fingerprint density at radius 3 is 2.21 bits per heavy atom. The summed E-state index contributed by atoms with van der Waals surface area (Å²) in [5.41, 5.74) is 2.66. The predicted octanol–water partition coefficient (Wildman–Crippen LogP) is 4.68. The third-order valence-corrected chi connectivity index (χ3v) is 3.35. The van der Waals surface area contributed by atoms with Gasteiger partial charge in [0.25, 0.3) is 0 Å².